The molecule has 1 aliphatic carbocycles. The van der Waals surface area contributed by atoms with Crippen LogP contribution in [0.1, 0.15) is 79.6 Å². The summed E-state index contributed by atoms with van der Waals surface area (Å²) in [5.74, 6) is -0.791. The molecule has 0 aromatic heterocycles. The van der Waals surface area contributed by atoms with Gasteiger partial charge in [0.05, 0.1) is 5.56 Å². The third-order valence-electron chi connectivity index (χ3n) is 6.39. The summed E-state index contributed by atoms with van der Waals surface area (Å²) >= 11 is 0. The number of hydrogen-bond donors (Lipinski definition) is 2. The molecule has 4 nitrogen and oxygen atoms in total. The minimum Gasteiger partial charge on any atom is -0.478 e. The van der Waals surface area contributed by atoms with Crippen molar-refractivity contribution in [3.8, 4) is 0 Å². The zero-order valence-electron chi connectivity index (χ0n) is 22.0. The van der Waals surface area contributed by atoms with E-state index < -0.39 is 5.97 Å². The molecule has 1 saturated carbocycles. The van der Waals surface area contributed by atoms with Crippen molar-refractivity contribution in [2.24, 2.45) is 5.73 Å². The SMILES string of the molecule is CC.CC.NCc1cc(C(=O)O)ccc1C1(Cc2ccccc2)CCC(=O)/C(=C/c2ccccc2)C1. The van der Waals surface area contributed by atoms with Gasteiger partial charge in [0.2, 0.25) is 0 Å². The van der Waals surface area contributed by atoms with Crippen LogP contribution in [-0.4, -0.2) is 16.9 Å². The van der Waals surface area contributed by atoms with Gasteiger partial charge in [-0.15, -0.1) is 0 Å². The lowest BCUT2D eigenvalue weighted by Crippen LogP contribution is -2.37. The monoisotopic (exact) mass is 485 g/mol. The van der Waals surface area contributed by atoms with Crippen molar-refractivity contribution < 1.29 is 14.7 Å². The van der Waals surface area contributed by atoms with E-state index in [1.807, 2.05) is 88.4 Å². The Bertz CT molecular complexity index is 1150. The fourth-order valence-electron chi connectivity index (χ4n) is 4.82. The van der Waals surface area contributed by atoms with Crippen LogP contribution < -0.4 is 5.73 Å². The highest BCUT2D eigenvalue weighted by molar-refractivity contribution is 6.00. The fourth-order valence-corrected chi connectivity index (χ4v) is 4.82. The van der Waals surface area contributed by atoms with Gasteiger partial charge < -0.3 is 10.8 Å². The maximum atomic E-state index is 12.9. The van der Waals surface area contributed by atoms with Crippen LogP contribution in [0.2, 0.25) is 0 Å². The van der Waals surface area contributed by atoms with Gasteiger partial charge >= 0.3 is 5.97 Å². The number of nitrogens with two attached hydrogens (primary N) is 1. The molecule has 0 bridgehead atoms. The first kappa shape index (κ1) is 28.7. The van der Waals surface area contributed by atoms with Crippen LogP contribution in [0.3, 0.4) is 0 Å². The number of aromatic carboxylic acids is 1. The molecule has 1 atom stereocenters. The van der Waals surface area contributed by atoms with Gasteiger partial charge in [-0.3, -0.25) is 4.79 Å². The highest BCUT2D eigenvalue weighted by Gasteiger charge is 2.40. The van der Waals surface area contributed by atoms with Gasteiger partial charge in [0.1, 0.15) is 0 Å². The molecule has 1 unspecified atom stereocenters. The summed E-state index contributed by atoms with van der Waals surface area (Å²) in [4.78, 5) is 24.4. The van der Waals surface area contributed by atoms with E-state index in [2.05, 4.69) is 12.1 Å². The molecule has 3 aromatic rings. The number of ketones is 1. The summed E-state index contributed by atoms with van der Waals surface area (Å²) in [7, 11) is 0. The zero-order chi connectivity index (χ0) is 26.6. The fraction of sp³-hybridized carbons (Fsp3) is 0.312. The molecule has 1 aliphatic rings. The molecular formula is C32H39NO3. The Morgan fingerprint density at radius 3 is 2.14 bits per heavy atom. The standard InChI is InChI=1S/C28H27NO3.2C2H6/c29-19-24-16-22(27(31)32)11-12-25(24)28(17-21-9-5-2-6-10-21)14-13-26(30)23(18-28)15-20-7-3-1-4-8-20;2*1-2/h1-12,15-16H,13-14,17-19,29H2,(H,31,32);2*1-2H3/b23-15+;;. The molecule has 3 aromatic carbocycles. The van der Waals surface area contributed by atoms with Crippen molar-refractivity contribution in [2.75, 3.05) is 0 Å². The highest BCUT2D eigenvalue weighted by atomic mass is 16.4. The predicted octanol–water partition coefficient (Wildman–Crippen LogP) is 7.21. The second kappa shape index (κ2) is 14.2. The minimum absolute atomic E-state index is 0.175. The van der Waals surface area contributed by atoms with E-state index in [9.17, 15) is 14.7 Å². The van der Waals surface area contributed by atoms with Gasteiger partial charge in [0.25, 0.3) is 0 Å². The Kier molecular flexibility index (Phi) is 11.3. The van der Waals surface area contributed by atoms with Crippen LogP contribution in [0, 0.1) is 0 Å². The van der Waals surface area contributed by atoms with E-state index >= 15 is 0 Å². The Hall–Kier alpha value is -3.50. The number of rotatable bonds is 6. The Morgan fingerprint density at radius 1 is 0.944 bits per heavy atom. The Labute approximate surface area is 215 Å². The van der Waals surface area contributed by atoms with Crippen LogP contribution in [0.25, 0.3) is 6.08 Å². The topological polar surface area (TPSA) is 80.4 Å². The molecule has 190 valence electrons. The quantitative estimate of drug-likeness (QED) is 0.361. The highest BCUT2D eigenvalue weighted by Crippen LogP contribution is 2.45. The molecular weight excluding hydrogens is 446 g/mol. The van der Waals surface area contributed by atoms with E-state index in [-0.39, 0.29) is 23.3 Å². The number of carbonyl (C=O) groups is 2. The van der Waals surface area contributed by atoms with Crippen molar-refractivity contribution >= 4 is 17.8 Å². The number of Topliss-reactive ketones (excluding diaryl/α,β-unsaturated/α-hetero) is 1. The van der Waals surface area contributed by atoms with Crippen LogP contribution in [-0.2, 0) is 23.2 Å². The maximum absolute atomic E-state index is 12.9. The van der Waals surface area contributed by atoms with Crippen molar-refractivity contribution in [3.63, 3.8) is 0 Å². The second-order valence-corrected chi connectivity index (χ2v) is 8.50. The molecule has 0 amide bonds. The summed E-state index contributed by atoms with van der Waals surface area (Å²) in [6.07, 6.45) is 4.50. The van der Waals surface area contributed by atoms with Crippen LogP contribution in [0.5, 0.6) is 0 Å². The molecule has 3 N–H and O–H groups in total. The van der Waals surface area contributed by atoms with Gasteiger partial charge in [-0.2, -0.15) is 0 Å². The van der Waals surface area contributed by atoms with Gasteiger partial charge in [0.15, 0.2) is 5.78 Å². The van der Waals surface area contributed by atoms with Gasteiger partial charge in [-0.1, -0.05) is 94.4 Å². The molecule has 1 fully saturated rings. The van der Waals surface area contributed by atoms with E-state index in [4.69, 9.17) is 5.73 Å². The van der Waals surface area contributed by atoms with Gasteiger partial charge in [0, 0.05) is 18.4 Å². The molecule has 0 spiro atoms. The molecule has 0 radical (unpaired) electrons. The van der Waals surface area contributed by atoms with Crippen LogP contribution in [0.4, 0.5) is 0 Å². The number of benzene rings is 3. The van der Waals surface area contributed by atoms with E-state index in [1.165, 1.54) is 5.56 Å². The summed E-state index contributed by atoms with van der Waals surface area (Å²) in [5.41, 5.74) is 10.9. The molecule has 4 heteroatoms. The van der Waals surface area contributed by atoms with E-state index in [0.29, 0.717) is 19.3 Å². The third-order valence-corrected chi connectivity index (χ3v) is 6.39. The summed E-state index contributed by atoms with van der Waals surface area (Å²) in [6, 6.07) is 25.4. The van der Waals surface area contributed by atoms with Crippen LogP contribution in [0.15, 0.2) is 84.4 Å². The number of carboxylic acids is 1. The summed E-state index contributed by atoms with van der Waals surface area (Å²) in [5, 5.41) is 9.45. The zero-order valence-corrected chi connectivity index (χ0v) is 22.0. The lowest BCUT2D eigenvalue weighted by molar-refractivity contribution is -0.117. The smallest absolute Gasteiger partial charge is 0.335 e. The average Bonchev–Trinajstić information content (AvgIpc) is 2.93. The number of hydrogen-bond acceptors (Lipinski definition) is 3. The lowest BCUT2D eigenvalue weighted by Gasteiger charge is -2.40. The van der Waals surface area contributed by atoms with Gasteiger partial charge in [-0.05, 0) is 65.3 Å². The number of allylic oxidation sites excluding steroid dienone is 1. The normalized spacial score (nSPS) is 17.9. The average molecular weight is 486 g/mol. The van der Waals surface area contributed by atoms with Gasteiger partial charge in [-0.25, -0.2) is 4.79 Å². The first-order chi connectivity index (χ1) is 17.5. The van der Waals surface area contributed by atoms with E-state index in [1.54, 1.807) is 12.1 Å². The first-order valence-corrected chi connectivity index (χ1v) is 12.9. The lowest BCUT2D eigenvalue weighted by atomic mass is 9.63. The largest absolute Gasteiger partial charge is 0.478 e. The minimum atomic E-state index is -0.966. The van der Waals surface area contributed by atoms with Crippen LogP contribution >= 0.6 is 0 Å². The maximum Gasteiger partial charge on any atom is 0.335 e. The number of carboxylic acid groups (broad SMARTS) is 1. The molecule has 0 heterocycles. The predicted molar refractivity (Wildman–Crippen MR) is 149 cm³/mol. The van der Waals surface area contributed by atoms with Crippen molar-refractivity contribution in [3.05, 3.63) is 112 Å². The summed E-state index contributed by atoms with van der Waals surface area (Å²) in [6.45, 7) is 8.25. The first-order valence-electron chi connectivity index (χ1n) is 12.9. The molecule has 0 aliphatic heterocycles. The number of carbonyl (C=O) groups excluding carboxylic acids is 1. The Balaban J connectivity index is 0.00000109. The summed E-state index contributed by atoms with van der Waals surface area (Å²) < 4.78 is 0. The molecule has 36 heavy (non-hydrogen) atoms. The van der Waals surface area contributed by atoms with E-state index in [0.717, 1.165) is 28.7 Å². The molecule has 0 saturated heterocycles. The van der Waals surface area contributed by atoms with Crippen molar-refractivity contribution in [1.29, 1.82) is 0 Å². The van der Waals surface area contributed by atoms with Crippen molar-refractivity contribution in [1.82, 2.24) is 0 Å². The molecule has 4 rings (SSSR count). The second-order valence-electron chi connectivity index (χ2n) is 8.50. The third kappa shape index (κ3) is 7.02. The van der Waals surface area contributed by atoms with Crippen molar-refractivity contribution in [2.45, 2.75) is 65.3 Å². The Morgan fingerprint density at radius 2 is 1.56 bits per heavy atom.